The predicted molar refractivity (Wildman–Crippen MR) is 96.7 cm³/mol. The van der Waals surface area contributed by atoms with Crippen LogP contribution in [0.1, 0.15) is 5.69 Å². The van der Waals surface area contributed by atoms with E-state index < -0.39 is 0 Å². The molecule has 3 aromatic heterocycles. The van der Waals surface area contributed by atoms with Crippen molar-refractivity contribution < 1.29 is 4.74 Å². The minimum Gasteiger partial charge on any atom is -0.497 e. The first-order valence-electron chi connectivity index (χ1n) is 7.35. The molecule has 24 heavy (non-hydrogen) atoms. The molecule has 5 nitrogen and oxygen atoms in total. The number of rotatable bonds is 5. The number of ether oxygens (including phenoxy) is 1. The van der Waals surface area contributed by atoms with Crippen molar-refractivity contribution in [2.75, 3.05) is 7.11 Å². The van der Waals surface area contributed by atoms with E-state index in [1.54, 1.807) is 30.2 Å². The Morgan fingerprint density at radius 2 is 2.00 bits per heavy atom. The molecule has 0 fully saturated rings. The molecule has 0 radical (unpaired) electrons. The molecule has 0 amide bonds. The van der Waals surface area contributed by atoms with Crippen LogP contribution in [-0.2, 0) is 5.75 Å². The number of methoxy groups -OCH3 is 1. The van der Waals surface area contributed by atoms with Gasteiger partial charge in [0.1, 0.15) is 5.75 Å². The van der Waals surface area contributed by atoms with Gasteiger partial charge in [0.25, 0.3) is 0 Å². The molecule has 0 unspecified atom stereocenters. The zero-order valence-corrected chi connectivity index (χ0v) is 14.5. The van der Waals surface area contributed by atoms with Crippen LogP contribution in [0, 0.1) is 0 Å². The van der Waals surface area contributed by atoms with Gasteiger partial charge >= 0.3 is 0 Å². The fourth-order valence-corrected chi connectivity index (χ4v) is 4.13. The zero-order chi connectivity index (χ0) is 16.4. The summed E-state index contributed by atoms with van der Waals surface area (Å²) in [7, 11) is 1.67. The number of fused-ring (bicyclic) bond motifs is 1. The van der Waals surface area contributed by atoms with Gasteiger partial charge in [-0.25, -0.2) is 0 Å². The van der Waals surface area contributed by atoms with Gasteiger partial charge in [-0.3, -0.25) is 9.38 Å². The van der Waals surface area contributed by atoms with Crippen molar-refractivity contribution in [3.05, 3.63) is 59.7 Å². The molecule has 120 valence electrons. The fraction of sp³-hybridized carbons (Fsp3) is 0.118. The molecule has 4 aromatic rings. The maximum atomic E-state index is 5.23. The molecule has 0 saturated heterocycles. The number of thiazole rings is 1. The molecule has 0 N–H and O–H groups in total. The first-order valence-corrected chi connectivity index (χ1v) is 9.21. The maximum absolute atomic E-state index is 5.23. The number of benzene rings is 1. The van der Waals surface area contributed by atoms with Crippen LogP contribution in [0.5, 0.6) is 5.75 Å². The Bertz CT molecular complexity index is 948. The van der Waals surface area contributed by atoms with Gasteiger partial charge in [0.2, 0.25) is 4.96 Å². The minimum atomic E-state index is 0.763. The van der Waals surface area contributed by atoms with Crippen LogP contribution in [0.4, 0.5) is 0 Å². The first kappa shape index (κ1) is 15.2. The van der Waals surface area contributed by atoms with E-state index >= 15 is 0 Å². The molecule has 0 atom stereocenters. The lowest BCUT2D eigenvalue weighted by Gasteiger charge is -2.04. The Hall–Kier alpha value is -2.38. The standard InChI is InChI=1S/C17H14N4OS2/c1-22-14-7-5-12(6-8-14)15-11-24-17-20-19-16(21(15)17)23-10-13-4-2-3-9-18-13/h2-9,11H,10H2,1H3. The lowest BCUT2D eigenvalue weighted by Crippen LogP contribution is -1.91. The molecular formula is C17H14N4OS2. The van der Waals surface area contributed by atoms with Crippen molar-refractivity contribution in [2.45, 2.75) is 10.9 Å². The van der Waals surface area contributed by atoms with Gasteiger partial charge in [-0.05, 0) is 42.0 Å². The van der Waals surface area contributed by atoms with Crippen molar-refractivity contribution in [1.29, 1.82) is 0 Å². The van der Waals surface area contributed by atoms with Crippen LogP contribution in [0.2, 0.25) is 0 Å². The Morgan fingerprint density at radius 3 is 2.75 bits per heavy atom. The average Bonchev–Trinajstić information content (AvgIpc) is 3.23. The highest BCUT2D eigenvalue weighted by Crippen LogP contribution is 2.31. The molecule has 0 aliphatic heterocycles. The van der Waals surface area contributed by atoms with E-state index in [2.05, 4.69) is 25.0 Å². The smallest absolute Gasteiger partial charge is 0.217 e. The molecule has 1 aromatic carbocycles. The number of nitrogens with zero attached hydrogens (tertiary/aromatic N) is 4. The largest absolute Gasteiger partial charge is 0.497 e. The number of thioether (sulfide) groups is 1. The number of hydrogen-bond acceptors (Lipinski definition) is 6. The molecule has 0 aliphatic carbocycles. The summed E-state index contributed by atoms with van der Waals surface area (Å²) >= 11 is 3.23. The van der Waals surface area contributed by atoms with Crippen molar-refractivity contribution >= 4 is 28.1 Å². The van der Waals surface area contributed by atoms with Crippen molar-refractivity contribution in [3.8, 4) is 17.0 Å². The van der Waals surface area contributed by atoms with E-state index in [0.717, 1.165) is 38.6 Å². The minimum absolute atomic E-state index is 0.763. The van der Waals surface area contributed by atoms with Gasteiger partial charge < -0.3 is 4.74 Å². The lowest BCUT2D eigenvalue weighted by atomic mass is 10.2. The zero-order valence-electron chi connectivity index (χ0n) is 12.9. The summed E-state index contributed by atoms with van der Waals surface area (Å²) in [4.78, 5) is 5.25. The van der Waals surface area contributed by atoms with Gasteiger partial charge in [0.05, 0.1) is 18.5 Å². The predicted octanol–water partition coefficient (Wildman–Crippen LogP) is 4.15. The van der Waals surface area contributed by atoms with Crippen molar-refractivity contribution in [1.82, 2.24) is 19.6 Å². The summed E-state index contributed by atoms with van der Waals surface area (Å²) in [5.74, 6) is 1.61. The molecule has 7 heteroatoms. The van der Waals surface area contributed by atoms with E-state index in [1.165, 1.54) is 0 Å². The summed E-state index contributed by atoms with van der Waals surface area (Å²) in [5.41, 5.74) is 3.23. The number of hydrogen-bond donors (Lipinski definition) is 0. The molecule has 0 spiro atoms. The molecule has 0 bridgehead atoms. The van der Waals surface area contributed by atoms with E-state index in [-0.39, 0.29) is 0 Å². The molecular weight excluding hydrogens is 340 g/mol. The Kier molecular flexibility index (Phi) is 4.18. The SMILES string of the molecule is COc1ccc(-c2csc3nnc(SCc4ccccn4)n23)cc1. The van der Waals surface area contributed by atoms with E-state index in [4.69, 9.17) is 4.74 Å². The van der Waals surface area contributed by atoms with Crippen LogP contribution in [0.25, 0.3) is 16.2 Å². The molecule has 3 heterocycles. The van der Waals surface area contributed by atoms with Crippen LogP contribution < -0.4 is 4.74 Å². The second-order valence-electron chi connectivity index (χ2n) is 5.06. The summed E-state index contributed by atoms with van der Waals surface area (Å²) in [6.45, 7) is 0. The average molecular weight is 354 g/mol. The van der Waals surface area contributed by atoms with Gasteiger partial charge in [0, 0.05) is 17.3 Å². The van der Waals surface area contributed by atoms with Crippen molar-refractivity contribution in [3.63, 3.8) is 0 Å². The molecule has 4 rings (SSSR count). The Balaban J connectivity index is 1.66. The van der Waals surface area contributed by atoms with E-state index in [0.29, 0.717) is 0 Å². The first-order chi connectivity index (χ1) is 11.8. The second kappa shape index (κ2) is 6.62. The van der Waals surface area contributed by atoms with E-state index in [1.807, 2.05) is 48.7 Å². The number of aromatic nitrogens is 4. The fourth-order valence-electron chi connectivity index (χ4n) is 2.37. The Labute approximate surface area is 147 Å². The van der Waals surface area contributed by atoms with Crippen LogP contribution in [0.15, 0.2) is 59.2 Å². The third kappa shape index (κ3) is 2.88. The van der Waals surface area contributed by atoms with Gasteiger partial charge in [-0.2, -0.15) is 0 Å². The maximum Gasteiger partial charge on any atom is 0.217 e. The molecule has 0 aliphatic rings. The number of pyridine rings is 1. The highest BCUT2D eigenvalue weighted by Gasteiger charge is 2.14. The van der Waals surface area contributed by atoms with Gasteiger partial charge in [0.15, 0.2) is 5.16 Å². The molecule has 0 saturated carbocycles. The van der Waals surface area contributed by atoms with Gasteiger partial charge in [-0.15, -0.1) is 21.5 Å². The van der Waals surface area contributed by atoms with Crippen LogP contribution in [-0.4, -0.2) is 26.7 Å². The van der Waals surface area contributed by atoms with Crippen molar-refractivity contribution in [2.24, 2.45) is 0 Å². The van der Waals surface area contributed by atoms with Crippen LogP contribution in [0.3, 0.4) is 0 Å². The van der Waals surface area contributed by atoms with Crippen LogP contribution >= 0.6 is 23.1 Å². The summed E-state index contributed by atoms with van der Waals surface area (Å²) in [6, 6.07) is 14.0. The Morgan fingerprint density at radius 1 is 1.12 bits per heavy atom. The third-order valence-corrected chi connectivity index (χ3v) is 5.36. The highest BCUT2D eigenvalue weighted by molar-refractivity contribution is 7.98. The summed E-state index contributed by atoms with van der Waals surface area (Å²) in [5, 5.41) is 11.6. The quantitative estimate of drug-likeness (QED) is 0.504. The third-order valence-electron chi connectivity index (χ3n) is 3.58. The monoisotopic (exact) mass is 354 g/mol. The normalized spacial score (nSPS) is 11.0. The summed E-state index contributed by atoms with van der Waals surface area (Å²) < 4.78 is 7.33. The topological polar surface area (TPSA) is 52.3 Å². The highest BCUT2D eigenvalue weighted by atomic mass is 32.2. The second-order valence-corrected chi connectivity index (χ2v) is 6.84. The lowest BCUT2D eigenvalue weighted by molar-refractivity contribution is 0.415. The van der Waals surface area contributed by atoms with Gasteiger partial charge in [-0.1, -0.05) is 17.8 Å². The van der Waals surface area contributed by atoms with E-state index in [9.17, 15) is 0 Å². The summed E-state index contributed by atoms with van der Waals surface area (Å²) in [6.07, 6.45) is 1.81.